The van der Waals surface area contributed by atoms with E-state index < -0.39 is 11.8 Å². The molecule has 1 aliphatic carbocycles. The molecule has 0 aliphatic heterocycles. The van der Waals surface area contributed by atoms with Crippen molar-refractivity contribution in [2.75, 3.05) is 40.1 Å². The summed E-state index contributed by atoms with van der Waals surface area (Å²) in [7, 11) is 1.62. The van der Waals surface area contributed by atoms with Crippen molar-refractivity contribution < 1.29 is 38.1 Å². The Balaban J connectivity index is 1.75. The van der Waals surface area contributed by atoms with E-state index in [1.165, 1.54) is 0 Å². The van der Waals surface area contributed by atoms with Crippen LogP contribution in [0.2, 0.25) is 0 Å². The molecular formula is C30H46O8. The van der Waals surface area contributed by atoms with Gasteiger partial charge in [0.2, 0.25) is 0 Å². The van der Waals surface area contributed by atoms with Gasteiger partial charge in [-0.15, -0.1) is 0 Å². The number of benzene rings is 1. The molecule has 1 aromatic rings. The first-order valence-corrected chi connectivity index (χ1v) is 14.2. The molecule has 0 radical (unpaired) electrons. The second-order valence-electron chi connectivity index (χ2n) is 9.83. The minimum Gasteiger partial charge on any atom is -0.461 e. The monoisotopic (exact) mass is 534 g/mol. The Morgan fingerprint density at radius 1 is 0.658 bits per heavy atom. The minimum absolute atomic E-state index is 0.0705. The Bertz CT molecular complexity index is 782. The zero-order valence-electron chi connectivity index (χ0n) is 23.0. The van der Waals surface area contributed by atoms with E-state index in [1.54, 1.807) is 31.4 Å². The Hall–Kier alpha value is -2.29. The van der Waals surface area contributed by atoms with E-state index >= 15 is 0 Å². The van der Waals surface area contributed by atoms with Gasteiger partial charge in [-0.1, -0.05) is 62.4 Å². The first-order chi connectivity index (χ1) is 18.6. The number of ether oxygens (including phenoxy) is 5. The average molecular weight is 535 g/mol. The molecule has 1 aliphatic rings. The van der Waals surface area contributed by atoms with Gasteiger partial charge in [0.1, 0.15) is 18.8 Å². The lowest BCUT2D eigenvalue weighted by Crippen LogP contribution is -2.25. The molecule has 0 heterocycles. The number of carbonyl (C=O) groups is 3. The number of Topliss-reactive ketones (excluding diaryl/α,β-unsaturated/α-hetero) is 1. The third-order valence-electron chi connectivity index (χ3n) is 6.67. The maximum atomic E-state index is 12.5. The smallest absolute Gasteiger partial charge is 0.379 e. The normalized spacial score (nSPS) is 20.0. The van der Waals surface area contributed by atoms with Crippen LogP contribution >= 0.6 is 0 Å². The largest absolute Gasteiger partial charge is 0.461 e. The summed E-state index contributed by atoms with van der Waals surface area (Å²) in [6.07, 6.45) is 12.1. The van der Waals surface area contributed by atoms with Crippen LogP contribution in [0.5, 0.6) is 0 Å². The van der Waals surface area contributed by atoms with Crippen LogP contribution in [0.25, 0.3) is 0 Å². The van der Waals surface area contributed by atoms with E-state index in [9.17, 15) is 14.4 Å². The number of hydrogen-bond donors (Lipinski definition) is 0. The zero-order valence-corrected chi connectivity index (χ0v) is 23.0. The molecule has 2 rings (SSSR count). The molecule has 1 saturated carbocycles. The van der Waals surface area contributed by atoms with Gasteiger partial charge in [-0.2, -0.15) is 0 Å². The fraction of sp³-hybridized carbons (Fsp3) is 0.700. The topological polar surface area (TPSA) is 97.4 Å². The van der Waals surface area contributed by atoms with Crippen LogP contribution in [0.1, 0.15) is 93.8 Å². The molecule has 0 spiro atoms. The van der Waals surface area contributed by atoms with E-state index in [2.05, 4.69) is 0 Å². The number of carbonyl (C=O) groups excluding carboxylic acids is 3. The van der Waals surface area contributed by atoms with Gasteiger partial charge in [0.05, 0.1) is 26.4 Å². The summed E-state index contributed by atoms with van der Waals surface area (Å²) in [6.45, 7) is 1.71. The van der Waals surface area contributed by atoms with E-state index in [0.717, 1.165) is 83.5 Å². The Morgan fingerprint density at radius 3 is 1.76 bits per heavy atom. The van der Waals surface area contributed by atoms with Crippen LogP contribution in [0, 0.1) is 0 Å². The molecule has 214 valence electrons. The quantitative estimate of drug-likeness (QED) is 0.151. The van der Waals surface area contributed by atoms with Crippen molar-refractivity contribution in [1.82, 2.24) is 0 Å². The van der Waals surface area contributed by atoms with Gasteiger partial charge in [-0.25, -0.2) is 9.59 Å². The van der Waals surface area contributed by atoms with Gasteiger partial charge in [0, 0.05) is 12.7 Å². The first-order valence-electron chi connectivity index (χ1n) is 14.2. The molecule has 2 atom stereocenters. The van der Waals surface area contributed by atoms with E-state index in [4.69, 9.17) is 23.7 Å². The molecule has 0 amide bonds. The summed E-state index contributed by atoms with van der Waals surface area (Å²) < 4.78 is 27.0. The van der Waals surface area contributed by atoms with Crippen molar-refractivity contribution in [3.8, 4) is 0 Å². The van der Waals surface area contributed by atoms with Gasteiger partial charge in [-0.3, -0.25) is 4.79 Å². The van der Waals surface area contributed by atoms with Crippen molar-refractivity contribution in [3.05, 3.63) is 35.9 Å². The highest BCUT2D eigenvalue weighted by Crippen LogP contribution is 2.21. The number of hydrogen-bond acceptors (Lipinski definition) is 8. The minimum atomic E-state index is -0.769. The van der Waals surface area contributed by atoms with Crippen molar-refractivity contribution in [2.24, 2.45) is 0 Å². The molecule has 38 heavy (non-hydrogen) atoms. The average Bonchev–Trinajstić information content (AvgIpc) is 2.93. The third-order valence-corrected chi connectivity index (χ3v) is 6.67. The highest BCUT2D eigenvalue weighted by Gasteiger charge is 2.22. The number of rotatable bonds is 12. The van der Waals surface area contributed by atoms with Crippen LogP contribution in [0.4, 0.5) is 0 Å². The van der Waals surface area contributed by atoms with Crippen molar-refractivity contribution in [3.63, 3.8) is 0 Å². The van der Waals surface area contributed by atoms with Crippen LogP contribution in [-0.2, 0) is 33.3 Å². The molecule has 2 unspecified atom stereocenters. The summed E-state index contributed by atoms with van der Waals surface area (Å²) in [6, 6.07) is 8.55. The third kappa shape index (κ3) is 14.6. The van der Waals surface area contributed by atoms with Crippen molar-refractivity contribution in [2.45, 2.75) is 95.7 Å². The molecular weight excluding hydrogens is 488 g/mol. The Morgan fingerprint density at radius 2 is 1.16 bits per heavy atom. The summed E-state index contributed by atoms with van der Waals surface area (Å²) in [5.74, 6) is -1.69. The molecule has 1 aromatic carbocycles. The van der Waals surface area contributed by atoms with Crippen LogP contribution in [0.3, 0.4) is 0 Å². The first kappa shape index (κ1) is 31.9. The van der Waals surface area contributed by atoms with E-state index in [-0.39, 0.29) is 24.8 Å². The molecule has 0 aromatic heterocycles. The van der Waals surface area contributed by atoms with Gasteiger partial charge >= 0.3 is 11.9 Å². The second-order valence-corrected chi connectivity index (χ2v) is 9.83. The summed E-state index contributed by atoms with van der Waals surface area (Å²) in [4.78, 5) is 37.2. The molecule has 0 N–H and O–H groups in total. The number of methoxy groups -OCH3 is 1. The molecule has 0 bridgehead atoms. The number of esters is 2. The van der Waals surface area contributed by atoms with Gasteiger partial charge in [-0.05, 0) is 51.4 Å². The molecule has 8 nitrogen and oxygen atoms in total. The van der Waals surface area contributed by atoms with Crippen LogP contribution < -0.4 is 0 Å². The highest BCUT2D eigenvalue weighted by atomic mass is 16.6. The zero-order chi connectivity index (χ0) is 27.3. The van der Waals surface area contributed by atoms with Crippen molar-refractivity contribution in [1.29, 1.82) is 0 Å². The maximum Gasteiger partial charge on any atom is 0.379 e. The Kier molecular flexibility index (Phi) is 17.3. The standard InChI is InChI=1S/C30H46O8/c1-34-20-21-35-22-23-36-24-28(31)37-26-16-10-4-2-3-5-11-18-27(19-13-7-12-17-26)38-30(33)29(32)25-14-8-6-9-15-25/h6,8-9,14-15,26-27H,2-5,7,10-13,16-24H2,1H3. The molecule has 0 saturated heterocycles. The maximum absolute atomic E-state index is 12.5. The van der Waals surface area contributed by atoms with E-state index in [0.29, 0.717) is 32.0 Å². The Labute approximate surface area is 227 Å². The van der Waals surface area contributed by atoms with E-state index in [1.807, 2.05) is 6.07 Å². The van der Waals surface area contributed by atoms with Gasteiger partial charge < -0.3 is 23.7 Å². The predicted molar refractivity (Wildman–Crippen MR) is 144 cm³/mol. The summed E-state index contributed by atoms with van der Waals surface area (Å²) >= 11 is 0. The summed E-state index contributed by atoms with van der Waals surface area (Å²) in [5, 5.41) is 0. The number of ketones is 1. The molecule has 1 fully saturated rings. The second kappa shape index (κ2) is 20.6. The van der Waals surface area contributed by atoms with Crippen LogP contribution in [0.15, 0.2) is 30.3 Å². The fourth-order valence-corrected chi connectivity index (χ4v) is 4.55. The van der Waals surface area contributed by atoms with Crippen molar-refractivity contribution >= 4 is 17.7 Å². The summed E-state index contributed by atoms with van der Waals surface area (Å²) in [5.41, 5.74) is 0.357. The lowest BCUT2D eigenvalue weighted by molar-refractivity contribution is -0.155. The lowest BCUT2D eigenvalue weighted by Gasteiger charge is -2.19. The highest BCUT2D eigenvalue weighted by molar-refractivity contribution is 6.40. The van der Waals surface area contributed by atoms with Gasteiger partial charge in [0.25, 0.3) is 5.78 Å². The predicted octanol–water partition coefficient (Wildman–Crippen LogP) is 5.46. The SMILES string of the molecule is COCCOCCOCC(=O)OC1CCCCCCCCC(OC(=O)C(=O)c2ccccc2)CCCCC1. The van der Waals surface area contributed by atoms with Gasteiger partial charge in [0.15, 0.2) is 0 Å². The molecule has 8 heteroatoms. The lowest BCUT2D eigenvalue weighted by atomic mass is 10.0. The fourth-order valence-electron chi connectivity index (χ4n) is 4.55. The van der Waals surface area contributed by atoms with Crippen LogP contribution in [-0.4, -0.2) is 70.1 Å².